The first-order chi connectivity index (χ1) is 11.3. The lowest BCUT2D eigenvalue weighted by molar-refractivity contribution is 0.0410. The van der Waals surface area contributed by atoms with Gasteiger partial charge in [0.2, 0.25) is 5.89 Å². The maximum absolute atomic E-state index is 9.24. The minimum Gasteiger partial charge on any atom is -0.428 e. The highest BCUT2D eigenvalue weighted by atomic mass is 35.5. The monoisotopic (exact) mass is 349 g/mol. The molecule has 0 amide bonds. The van der Waals surface area contributed by atoms with E-state index in [0.717, 1.165) is 44.2 Å². The van der Waals surface area contributed by atoms with Gasteiger partial charge in [-0.3, -0.25) is 4.90 Å². The lowest BCUT2D eigenvalue weighted by Crippen LogP contribution is -2.37. The summed E-state index contributed by atoms with van der Waals surface area (Å²) < 4.78 is 11.1. The lowest BCUT2D eigenvalue weighted by Gasteiger charge is -2.26. The van der Waals surface area contributed by atoms with Crippen molar-refractivity contribution in [2.45, 2.75) is 5.09 Å². The molecular formula is C16H16ClN3O2S. The van der Waals surface area contributed by atoms with Gasteiger partial charge >= 0.3 is 0 Å². The van der Waals surface area contributed by atoms with Crippen molar-refractivity contribution in [1.29, 1.82) is 5.26 Å². The van der Waals surface area contributed by atoms with Gasteiger partial charge in [0.05, 0.1) is 13.2 Å². The number of ether oxygens (including phenoxy) is 1. The van der Waals surface area contributed by atoms with E-state index in [2.05, 4.69) is 16.0 Å². The van der Waals surface area contributed by atoms with Crippen molar-refractivity contribution in [3.63, 3.8) is 0 Å². The van der Waals surface area contributed by atoms with Crippen LogP contribution in [0, 0.1) is 11.3 Å². The molecule has 0 N–H and O–H groups in total. The Kier molecular flexibility index (Phi) is 5.57. The Morgan fingerprint density at radius 3 is 2.70 bits per heavy atom. The highest BCUT2D eigenvalue weighted by Gasteiger charge is 2.16. The summed E-state index contributed by atoms with van der Waals surface area (Å²) >= 11 is 7.41. The van der Waals surface area contributed by atoms with E-state index in [9.17, 15) is 5.26 Å². The molecule has 0 saturated carbocycles. The minimum atomic E-state index is 0.335. The van der Waals surface area contributed by atoms with Crippen molar-refractivity contribution < 1.29 is 9.15 Å². The van der Waals surface area contributed by atoms with Gasteiger partial charge in [0.15, 0.2) is 10.8 Å². The first-order valence-electron chi connectivity index (χ1n) is 7.36. The predicted molar refractivity (Wildman–Crippen MR) is 89.6 cm³/mol. The Labute approximate surface area is 144 Å². The van der Waals surface area contributed by atoms with Crippen LogP contribution >= 0.6 is 23.4 Å². The summed E-state index contributed by atoms with van der Waals surface area (Å²) in [7, 11) is 0. The normalized spacial score (nSPS) is 15.5. The quantitative estimate of drug-likeness (QED) is 0.772. The van der Waals surface area contributed by atoms with Gasteiger partial charge in [0.25, 0.3) is 0 Å². The van der Waals surface area contributed by atoms with E-state index in [1.54, 1.807) is 12.1 Å². The summed E-state index contributed by atoms with van der Waals surface area (Å²) in [6, 6.07) is 9.31. The number of aromatic nitrogens is 1. The number of halogens is 1. The van der Waals surface area contributed by atoms with Crippen LogP contribution in [0.2, 0.25) is 5.02 Å². The zero-order valence-corrected chi connectivity index (χ0v) is 14.1. The van der Waals surface area contributed by atoms with Crippen molar-refractivity contribution in [3.8, 4) is 17.5 Å². The maximum atomic E-state index is 9.24. The summed E-state index contributed by atoms with van der Waals surface area (Å²) in [5.74, 6) is 1.30. The van der Waals surface area contributed by atoms with Crippen LogP contribution in [-0.4, -0.2) is 48.5 Å². The predicted octanol–water partition coefficient (Wildman–Crippen LogP) is 3.29. The van der Waals surface area contributed by atoms with E-state index in [-0.39, 0.29) is 0 Å². The van der Waals surface area contributed by atoms with E-state index >= 15 is 0 Å². The summed E-state index contributed by atoms with van der Waals surface area (Å²) in [4.78, 5) is 6.61. The molecule has 0 unspecified atom stereocenters. The largest absolute Gasteiger partial charge is 0.428 e. The second kappa shape index (κ2) is 7.84. The van der Waals surface area contributed by atoms with Crippen LogP contribution in [0.1, 0.15) is 5.69 Å². The summed E-state index contributed by atoms with van der Waals surface area (Å²) in [5, 5.41) is 10.5. The molecule has 2 aromatic rings. The average molecular weight is 350 g/mol. The lowest BCUT2D eigenvalue weighted by atomic mass is 10.2. The highest BCUT2D eigenvalue weighted by molar-refractivity contribution is 7.99. The fourth-order valence-electron chi connectivity index (χ4n) is 2.28. The summed E-state index contributed by atoms with van der Waals surface area (Å²) in [5.41, 5.74) is 1.15. The zero-order valence-electron chi connectivity index (χ0n) is 12.5. The molecule has 0 radical (unpaired) electrons. The van der Waals surface area contributed by atoms with E-state index in [4.69, 9.17) is 20.8 Å². The minimum absolute atomic E-state index is 0.335. The molecule has 1 fully saturated rings. The molecule has 0 spiro atoms. The van der Waals surface area contributed by atoms with Gasteiger partial charge in [-0.15, -0.1) is 0 Å². The SMILES string of the molecule is N#Cc1nc(-c2ccc(Cl)cc2)oc1SCCN1CCOCC1. The van der Waals surface area contributed by atoms with Gasteiger partial charge in [-0.25, -0.2) is 0 Å². The molecule has 1 aromatic heterocycles. The van der Waals surface area contributed by atoms with Gasteiger partial charge in [-0.05, 0) is 24.3 Å². The summed E-state index contributed by atoms with van der Waals surface area (Å²) in [6.45, 7) is 4.43. The number of oxazole rings is 1. The molecule has 7 heteroatoms. The molecule has 1 aliphatic rings. The molecule has 1 saturated heterocycles. The Morgan fingerprint density at radius 1 is 1.26 bits per heavy atom. The third-order valence-electron chi connectivity index (χ3n) is 3.54. The number of benzene rings is 1. The number of nitrogens with zero attached hydrogens (tertiary/aromatic N) is 3. The van der Waals surface area contributed by atoms with Crippen molar-refractivity contribution in [2.24, 2.45) is 0 Å². The zero-order chi connectivity index (χ0) is 16.1. The molecule has 0 bridgehead atoms. The average Bonchev–Trinajstić information content (AvgIpc) is 3.00. The highest BCUT2D eigenvalue weighted by Crippen LogP contribution is 2.29. The second-order valence-electron chi connectivity index (χ2n) is 5.08. The van der Waals surface area contributed by atoms with Crippen LogP contribution in [-0.2, 0) is 4.74 Å². The maximum Gasteiger partial charge on any atom is 0.228 e. The number of hydrogen-bond acceptors (Lipinski definition) is 6. The van der Waals surface area contributed by atoms with Crippen LogP contribution < -0.4 is 0 Å². The number of thioether (sulfide) groups is 1. The Bertz CT molecular complexity index is 690. The van der Waals surface area contributed by atoms with Crippen LogP contribution in [0.25, 0.3) is 11.5 Å². The molecule has 23 heavy (non-hydrogen) atoms. The topological polar surface area (TPSA) is 62.3 Å². The number of rotatable bonds is 5. The number of nitriles is 1. The van der Waals surface area contributed by atoms with E-state index in [0.29, 0.717) is 21.7 Å². The number of morpholine rings is 1. The molecular weight excluding hydrogens is 334 g/mol. The van der Waals surface area contributed by atoms with Gasteiger partial charge < -0.3 is 9.15 Å². The Morgan fingerprint density at radius 2 is 2.00 bits per heavy atom. The van der Waals surface area contributed by atoms with Crippen LogP contribution in [0.3, 0.4) is 0 Å². The van der Waals surface area contributed by atoms with Crippen molar-refractivity contribution in [3.05, 3.63) is 35.0 Å². The van der Waals surface area contributed by atoms with Crippen LogP contribution in [0.15, 0.2) is 33.8 Å². The third-order valence-corrected chi connectivity index (χ3v) is 4.72. The van der Waals surface area contributed by atoms with Crippen LogP contribution in [0.4, 0.5) is 0 Å². The molecule has 1 aromatic carbocycles. The fourth-order valence-corrected chi connectivity index (χ4v) is 3.31. The molecule has 0 atom stereocenters. The van der Waals surface area contributed by atoms with Gasteiger partial charge in [0.1, 0.15) is 6.07 Å². The van der Waals surface area contributed by atoms with Gasteiger partial charge in [-0.2, -0.15) is 10.2 Å². The van der Waals surface area contributed by atoms with Gasteiger partial charge in [-0.1, -0.05) is 23.4 Å². The molecule has 2 heterocycles. The third kappa shape index (κ3) is 4.27. The van der Waals surface area contributed by atoms with Gasteiger partial charge in [0, 0.05) is 36.0 Å². The van der Waals surface area contributed by atoms with Crippen molar-refractivity contribution in [2.75, 3.05) is 38.6 Å². The Hall–Kier alpha value is -1.52. The van der Waals surface area contributed by atoms with Crippen molar-refractivity contribution >= 4 is 23.4 Å². The molecule has 5 nitrogen and oxygen atoms in total. The van der Waals surface area contributed by atoms with Crippen LogP contribution in [0.5, 0.6) is 0 Å². The number of hydrogen-bond donors (Lipinski definition) is 0. The second-order valence-corrected chi connectivity index (χ2v) is 6.58. The van der Waals surface area contributed by atoms with E-state index < -0.39 is 0 Å². The summed E-state index contributed by atoms with van der Waals surface area (Å²) in [6.07, 6.45) is 0. The molecule has 120 valence electrons. The smallest absolute Gasteiger partial charge is 0.228 e. The van der Waals surface area contributed by atoms with Crippen molar-refractivity contribution in [1.82, 2.24) is 9.88 Å². The molecule has 3 rings (SSSR count). The van der Waals surface area contributed by atoms with E-state index in [1.165, 1.54) is 11.8 Å². The molecule has 1 aliphatic heterocycles. The Balaban J connectivity index is 1.64. The standard InChI is InChI=1S/C16H16ClN3O2S/c17-13-3-1-12(2-4-13)15-19-14(11-18)16(22-15)23-10-7-20-5-8-21-9-6-20/h1-4H,5-10H2. The molecule has 0 aliphatic carbocycles. The van der Waals surface area contributed by atoms with E-state index in [1.807, 2.05) is 12.1 Å². The first-order valence-corrected chi connectivity index (χ1v) is 8.72. The first kappa shape index (κ1) is 16.3. The fraction of sp³-hybridized carbons (Fsp3) is 0.375.